The molecule has 2 aromatic rings. The summed E-state index contributed by atoms with van der Waals surface area (Å²) in [4.78, 5) is 27.3. The molecule has 9 heteroatoms. The first-order valence-corrected chi connectivity index (χ1v) is 9.77. The fraction of sp³-hybridized carbons (Fsp3) is 0.304. The Morgan fingerprint density at radius 2 is 1.69 bits per heavy atom. The first-order chi connectivity index (χ1) is 15.2. The molecule has 0 spiro atoms. The van der Waals surface area contributed by atoms with Gasteiger partial charge in [0.1, 0.15) is 5.75 Å². The van der Waals surface area contributed by atoms with Gasteiger partial charge in [-0.3, -0.25) is 14.5 Å². The molecule has 0 fully saturated rings. The molecule has 32 heavy (non-hydrogen) atoms. The number of carbonyl (C=O) groups is 2. The van der Waals surface area contributed by atoms with E-state index in [9.17, 15) is 23.5 Å². The Morgan fingerprint density at radius 3 is 2.28 bits per heavy atom. The first-order valence-electron chi connectivity index (χ1n) is 9.77. The number of halogens is 2. The van der Waals surface area contributed by atoms with Crippen molar-refractivity contribution in [2.45, 2.75) is 26.5 Å². The summed E-state index contributed by atoms with van der Waals surface area (Å²) in [6, 6.07) is 9.66. The number of para-hydroxylation sites is 2. The van der Waals surface area contributed by atoms with Gasteiger partial charge in [-0.05, 0) is 29.8 Å². The lowest BCUT2D eigenvalue weighted by Gasteiger charge is -2.29. The third kappa shape index (κ3) is 4.10. The van der Waals surface area contributed by atoms with Crippen LogP contribution in [-0.4, -0.2) is 37.6 Å². The molecule has 1 atom stereocenters. The molecule has 2 aromatic carbocycles. The van der Waals surface area contributed by atoms with E-state index in [0.717, 1.165) is 0 Å². The Balaban J connectivity index is 2.25. The zero-order valence-corrected chi connectivity index (χ0v) is 18.0. The lowest BCUT2D eigenvalue weighted by molar-refractivity contribution is -0.119. The molecule has 1 amide bonds. The second-order valence-electron chi connectivity index (χ2n) is 7.32. The molecule has 170 valence electrons. The van der Waals surface area contributed by atoms with E-state index in [0.29, 0.717) is 11.4 Å². The molecular weight excluding hydrogens is 424 g/mol. The average Bonchev–Trinajstić information content (AvgIpc) is 3.03. The second kappa shape index (κ2) is 9.25. The van der Waals surface area contributed by atoms with E-state index in [1.54, 1.807) is 38.1 Å². The summed E-state index contributed by atoms with van der Waals surface area (Å²) in [6.45, 7) is 0.153. The van der Waals surface area contributed by atoms with Gasteiger partial charge in [0, 0.05) is 5.92 Å². The van der Waals surface area contributed by atoms with Crippen LogP contribution >= 0.6 is 0 Å². The van der Waals surface area contributed by atoms with Crippen LogP contribution in [0.25, 0.3) is 0 Å². The van der Waals surface area contributed by atoms with Crippen molar-refractivity contribution in [3.63, 3.8) is 0 Å². The summed E-state index contributed by atoms with van der Waals surface area (Å²) < 4.78 is 40.9. The molecule has 1 heterocycles. The molecule has 0 bridgehead atoms. The summed E-state index contributed by atoms with van der Waals surface area (Å²) in [7, 11) is 2.72. The number of benzene rings is 2. The number of carbonyl (C=O) groups excluding carboxylic acids is 2. The zero-order valence-electron chi connectivity index (χ0n) is 18.0. The fourth-order valence-electron chi connectivity index (χ4n) is 3.61. The summed E-state index contributed by atoms with van der Waals surface area (Å²) in [5.74, 6) is -2.39. The molecule has 0 saturated heterocycles. The molecule has 1 N–H and O–H groups in total. The second-order valence-corrected chi connectivity index (χ2v) is 7.32. The van der Waals surface area contributed by atoms with Gasteiger partial charge in [0.25, 0.3) is 5.91 Å². The number of ketones is 1. The van der Waals surface area contributed by atoms with Gasteiger partial charge in [-0.2, -0.15) is 8.78 Å². The highest BCUT2D eigenvalue weighted by Crippen LogP contribution is 2.46. The van der Waals surface area contributed by atoms with Crippen molar-refractivity contribution >= 4 is 17.4 Å². The van der Waals surface area contributed by atoms with E-state index < -0.39 is 36.0 Å². The first kappa shape index (κ1) is 23.1. The summed E-state index contributed by atoms with van der Waals surface area (Å²) >= 11 is 0. The van der Waals surface area contributed by atoms with Crippen molar-refractivity contribution in [2.24, 2.45) is 5.92 Å². The van der Waals surface area contributed by atoms with Crippen molar-refractivity contribution in [3.05, 3.63) is 59.4 Å². The van der Waals surface area contributed by atoms with E-state index in [4.69, 9.17) is 9.47 Å². The Bertz CT molecular complexity index is 1070. The van der Waals surface area contributed by atoms with Crippen LogP contribution in [0.5, 0.6) is 17.2 Å². The monoisotopic (exact) mass is 447 g/mol. The number of rotatable bonds is 8. The van der Waals surface area contributed by atoms with Gasteiger partial charge in [0.15, 0.2) is 23.0 Å². The van der Waals surface area contributed by atoms with Gasteiger partial charge in [-0.15, -0.1) is 0 Å². The van der Waals surface area contributed by atoms with Crippen molar-refractivity contribution in [2.75, 3.05) is 19.1 Å². The quantitative estimate of drug-likeness (QED) is 0.645. The number of aliphatic hydroxyl groups is 1. The Hall–Kier alpha value is -3.62. The minimum atomic E-state index is -3.12. The highest BCUT2D eigenvalue weighted by molar-refractivity contribution is 6.17. The normalized spacial score (nSPS) is 16.2. The number of amides is 1. The van der Waals surface area contributed by atoms with Crippen LogP contribution in [0.3, 0.4) is 0 Å². The summed E-state index contributed by atoms with van der Waals surface area (Å²) in [6.07, 6.45) is 0. The number of alkyl halides is 2. The van der Waals surface area contributed by atoms with Gasteiger partial charge in [0.2, 0.25) is 0 Å². The van der Waals surface area contributed by atoms with Gasteiger partial charge in [-0.25, -0.2) is 0 Å². The van der Waals surface area contributed by atoms with Crippen LogP contribution in [0.1, 0.15) is 25.5 Å². The molecular formula is C23H23F2NO6. The molecule has 1 aliphatic heterocycles. The largest absolute Gasteiger partial charge is 0.503 e. The van der Waals surface area contributed by atoms with Crippen molar-refractivity contribution < 1.29 is 37.7 Å². The topological polar surface area (TPSA) is 85.3 Å². The average molecular weight is 447 g/mol. The number of ether oxygens (including phenoxy) is 3. The minimum absolute atomic E-state index is 0.0483. The number of aliphatic hydroxyl groups excluding tert-OH is 1. The summed E-state index contributed by atoms with van der Waals surface area (Å²) in [5, 5.41) is 10.7. The zero-order chi connectivity index (χ0) is 23.6. The predicted octanol–water partition coefficient (Wildman–Crippen LogP) is 4.43. The molecule has 7 nitrogen and oxygen atoms in total. The van der Waals surface area contributed by atoms with Crippen molar-refractivity contribution in [1.82, 2.24) is 0 Å². The Morgan fingerprint density at radius 1 is 1.03 bits per heavy atom. The van der Waals surface area contributed by atoms with E-state index in [1.165, 1.54) is 37.3 Å². The summed E-state index contributed by atoms with van der Waals surface area (Å²) in [5.41, 5.74) is 0.438. The highest BCUT2D eigenvalue weighted by Gasteiger charge is 2.45. The van der Waals surface area contributed by atoms with Crippen molar-refractivity contribution in [1.29, 1.82) is 0 Å². The van der Waals surface area contributed by atoms with E-state index in [-0.39, 0.29) is 22.6 Å². The third-order valence-electron chi connectivity index (χ3n) is 5.06. The van der Waals surface area contributed by atoms with Crippen LogP contribution in [0.15, 0.2) is 53.8 Å². The maximum Gasteiger partial charge on any atom is 0.387 e. The lowest BCUT2D eigenvalue weighted by Crippen LogP contribution is -2.31. The van der Waals surface area contributed by atoms with Gasteiger partial charge >= 0.3 is 6.61 Å². The lowest BCUT2D eigenvalue weighted by atomic mass is 9.91. The number of nitrogens with zero attached hydrogens (tertiary/aromatic N) is 1. The molecule has 0 saturated carbocycles. The number of Topliss-reactive ketones (excluding diaryl/α,β-unsaturated/α-hetero) is 1. The van der Waals surface area contributed by atoms with Gasteiger partial charge in [-0.1, -0.05) is 32.0 Å². The van der Waals surface area contributed by atoms with Crippen molar-refractivity contribution in [3.8, 4) is 17.2 Å². The van der Waals surface area contributed by atoms with Crippen LogP contribution in [-0.2, 0) is 9.59 Å². The van der Waals surface area contributed by atoms with Crippen LogP contribution in [0, 0.1) is 5.92 Å². The maximum atomic E-state index is 13.1. The third-order valence-corrected chi connectivity index (χ3v) is 5.06. The van der Waals surface area contributed by atoms with Gasteiger partial charge < -0.3 is 19.3 Å². The molecule has 0 aliphatic carbocycles. The number of methoxy groups -OCH3 is 2. The number of hydrogen-bond donors (Lipinski definition) is 1. The van der Waals surface area contributed by atoms with Crippen LogP contribution in [0.2, 0.25) is 0 Å². The number of anilines is 1. The van der Waals surface area contributed by atoms with Gasteiger partial charge in [0.05, 0.1) is 31.5 Å². The smallest absolute Gasteiger partial charge is 0.387 e. The molecule has 1 aliphatic rings. The minimum Gasteiger partial charge on any atom is -0.503 e. The van der Waals surface area contributed by atoms with Crippen LogP contribution < -0.4 is 19.1 Å². The fourth-order valence-corrected chi connectivity index (χ4v) is 3.61. The molecule has 3 rings (SSSR count). The van der Waals surface area contributed by atoms with E-state index >= 15 is 0 Å². The molecule has 0 radical (unpaired) electrons. The number of hydrogen-bond acceptors (Lipinski definition) is 6. The Labute approximate surface area is 183 Å². The SMILES string of the molecule is COc1ccc(C2C(C(=O)C(C)C)=C(O)C(=O)N2c2ccccc2OC)cc1OC(F)F. The van der Waals surface area contributed by atoms with Crippen LogP contribution in [0.4, 0.5) is 14.5 Å². The van der Waals surface area contributed by atoms with E-state index in [1.807, 2.05) is 0 Å². The Kier molecular flexibility index (Phi) is 6.67. The standard InChI is InChI=1S/C23H23F2NO6/c1-12(2)20(27)18-19(13-9-10-16(31-4)17(11-13)32-23(24)25)26(22(29)21(18)28)14-7-5-6-8-15(14)30-3/h5-12,19,23,28H,1-4H3. The van der Waals surface area contributed by atoms with E-state index in [2.05, 4.69) is 4.74 Å². The predicted molar refractivity (Wildman–Crippen MR) is 112 cm³/mol. The molecule has 1 unspecified atom stereocenters. The highest BCUT2D eigenvalue weighted by atomic mass is 19.3. The maximum absolute atomic E-state index is 13.1. The molecule has 0 aromatic heterocycles.